The number of aryl methyl sites for hydroxylation is 2. The summed E-state index contributed by atoms with van der Waals surface area (Å²) in [6.45, 7) is 4.00. The number of fused-ring (bicyclic) bond motifs is 3. The van der Waals surface area contributed by atoms with Gasteiger partial charge in [0.05, 0.1) is 16.3 Å². The first-order chi connectivity index (χ1) is 12.0. The molecule has 25 heavy (non-hydrogen) atoms. The summed E-state index contributed by atoms with van der Waals surface area (Å²) in [6, 6.07) is 12.2. The molecule has 0 saturated heterocycles. The fourth-order valence-corrected chi connectivity index (χ4v) is 5.01. The maximum atomic E-state index is 9.66. The minimum absolute atomic E-state index is 0.00240. The number of nitrogens with one attached hydrogen (secondary N) is 1. The Balaban J connectivity index is 2.01. The zero-order valence-electron chi connectivity index (χ0n) is 13.6. The van der Waals surface area contributed by atoms with E-state index in [0.717, 1.165) is 36.4 Å². The van der Waals surface area contributed by atoms with E-state index in [1.54, 1.807) is 11.3 Å². The number of ether oxygens (including phenoxy) is 1. The average molecular weight is 412 g/mol. The molecule has 4 nitrogen and oxygen atoms in total. The number of nitriles is 1. The summed E-state index contributed by atoms with van der Waals surface area (Å²) >= 11 is 5.01. The minimum atomic E-state index is -0.636. The van der Waals surface area contributed by atoms with Crippen molar-refractivity contribution in [3.05, 3.63) is 56.5 Å². The van der Waals surface area contributed by atoms with Gasteiger partial charge >= 0.3 is 0 Å². The van der Waals surface area contributed by atoms with E-state index in [1.165, 1.54) is 0 Å². The first-order valence-electron chi connectivity index (χ1n) is 7.81. The van der Waals surface area contributed by atoms with E-state index in [2.05, 4.69) is 27.0 Å². The van der Waals surface area contributed by atoms with E-state index in [0.29, 0.717) is 5.75 Å². The lowest BCUT2D eigenvalue weighted by molar-refractivity contribution is 0.461. The van der Waals surface area contributed by atoms with Crippen molar-refractivity contribution >= 4 is 43.4 Å². The maximum Gasteiger partial charge on any atom is 0.205 e. The molecule has 0 saturated carbocycles. The van der Waals surface area contributed by atoms with E-state index >= 15 is 0 Å². The third kappa shape index (κ3) is 2.55. The molecule has 1 aliphatic rings. The Morgan fingerprint density at radius 1 is 1.28 bits per heavy atom. The molecule has 2 atom stereocenters. The molecule has 1 aromatic carbocycles. The Hall–Kier alpha value is -2.23. The number of hydrogen-bond acceptors (Lipinski definition) is 5. The number of nitrogens with zero attached hydrogens (tertiary/aromatic N) is 2. The number of pyridine rings is 1. The van der Waals surface area contributed by atoms with Crippen molar-refractivity contribution < 1.29 is 4.74 Å². The van der Waals surface area contributed by atoms with Crippen LogP contribution in [0.15, 0.2) is 34.8 Å². The number of benzene rings is 1. The first-order valence-corrected chi connectivity index (χ1v) is 9.42. The Bertz CT molecular complexity index is 1050. The van der Waals surface area contributed by atoms with Crippen LogP contribution in [0, 0.1) is 36.5 Å². The van der Waals surface area contributed by atoms with Gasteiger partial charge in [-0.2, -0.15) is 5.26 Å². The van der Waals surface area contributed by atoms with Crippen molar-refractivity contribution in [1.29, 1.82) is 10.7 Å². The normalized spacial score (nSPS) is 19.4. The molecule has 124 valence electrons. The molecule has 0 aliphatic carbocycles. The molecule has 0 bridgehead atoms. The molecule has 0 fully saturated rings. The topological polar surface area (TPSA) is 69.8 Å². The van der Waals surface area contributed by atoms with Gasteiger partial charge in [-0.05, 0) is 43.2 Å². The van der Waals surface area contributed by atoms with Gasteiger partial charge in [0, 0.05) is 16.1 Å². The van der Waals surface area contributed by atoms with E-state index in [4.69, 9.17) is 10.1 Å². The quantitative estimate of drug-likeness (QED) is 0.588. The van der Waals surface area contributed by atoms with E-state index in [1.807, 2.05) is 44.2 Å². The monoisotopic (exact) mass is 411 g/mol. The predicted octanol–water partition coefficient (Wildman–Crippen LogP) is 5.32. The molecule has 3 aromatic rings. The minimum Gasteiger partial charge on any atom is -0.440 e. The van der Waals surface area contributed by atoms with Crippen molar-refractivity contribution in [1.82, 2.24) is 4.98 Å². The fourth-order valence-electron chi connectivity index (χ4n) is 3.36. The number of halogens is 1. The number of aromatic nitrogens is 1. The van der Waals surface area contributed by atoms with Crippen LogP contribution in [0.4, 0.5) is 0 Å². The van der Waals surface area contributed by atoms with Gasteiger partial charge in [-0.15, -0.1) is 11.3 Å². The average Bonchev–Trinajstić information content (AvgIpc) is 2.92. The second-order valence-electron chi connectivity index (χ2n) is 6.16. The molecule has 1 N–H and O–H groups in total. The van der Waals surface area contributed by atoms with Crippen LogP contribution in [0.2, 0.25) is 0 Å². The molecule has 3 heterocycles. The number of thiophene rings is 1. The lowest BCUT2D eigenvalue weighted by Gasteiger charge is -2.28. The molecule has 4 rings (SSSR count). The summed E-state index contributed by atoms with van der Waals surface area (Å²) in [5, 5.41) is 18.9. The van der Waals surface area contributed by atoms with Gasteiger partial charge in [0.1, 0.15) is 10.7 Å². The van der Waals surface area contributed by atoms with Crippen LogP contribution < -0.4 is 4.74 Å². The first kappa shape index (κ1) is 16.2. The lowest BCUT2D eigenvalue weighted by Crippen LogP contribution is -2.30. The zero-order valence-corrected chi connectivity index (χ0v) is 16.0. The number of hydrogen-bond donors (Lipinski definition) is 1. The van der Waals surface area contributed by atoms with Gasteiger partial charge in [0.15, 0.2) is 5.75 Å². The SMILES string of the molecule is Cc1cc(C)c2c3c(sc2n1)C(c1ccc(Br)cc1)C(C#N)C(=N)O3. The van der Waals surface area contributed by atoms with Crippen molar-refractivity contribution in [3.63, 3.8) is 0 Å². The second-order valence-corrected chi connectivity index (χ2v) is 8.10. The predicted molar refractivity (Wildman–Crippen MR) is 103 cm³/mol. The van der Waals surface area contributed by atoms with Gasteiger partial charge in [0.25, 0.3) is 0 Å². The largest absolute Gasteiger partial charge is 0.440 e. The van der Waals surface area contributed by atoms with Crippen LogP contribution in [0.5, 0.6) is 5.75 Å². The Morgan fingerprint density at radius 3 is 2.68 bits per heavy atom. The van der Waals surface area contributed by atoms with Crippen LogP contribution in [0.3, 0.4) is 0 Å². The van der Waals surface area contributed by atoms with Gasteiger partial charge in [-0.25, -0.2) is 4.98 Å². The molecule has 0 radical (unpaired) electrons. The highest BCUT2D eigenvalue weighted by atomic mass is 79.9. The Morgan fingerprint density at radius 2 is 2.00 bits per heavy atom. The molecular weight excluding hydrogens is 398 g/mol. The van der Waals surface area contributed by atoms with Gasteiger partial charge < -0.3 is 4.74 Å². The number of rotatable bonds is 1. The molecule has 0 amide bonds. The summed E-state index contributed by atoms with van der Waals surface area (Å²) in [7, 11) is 0. The van der Waals surface area contributed by atoms with Crippen molar-refractivity contribution in [3.8, 4) is 11.8 Å². The van der Waals surface area contributed by atoms with Gasteiger partial charge in [-0.1, -0.05) is 28.1 Å². The highest BCUT2D eigenvalue weighted by Gasteiger charge is 2.39. The molecule has 6 heteroatoms. The molecule has 2 aromatic heterocycles. The van der Waals surface area contributed by atoms with Crippen molar-refractivity contribution in [2.24, 2.45) is 5.92 Å². The third-order valence-corrected chi connectivity index (χ3v) is 6.12. The summed E-state index contributed by atoms with van der Waals surface area (Å²) in [5.74, 6) is -0.159. The van der Waals surface area contributed by atoms with Crippen molar-refractivity contribution in [2.75, 3.05) is 0 Å². The highest BCUT2D eigenvalue weighted by molar-refractivity contribution is 9.10. The smallest absolute Gasteiger partial charge is 0.205 e. The Kier molecular flexibility index (Phi) is 3.86. The highest BCUT2D eigenvalue weighted by Crippen LogP contribution is 2.50. The van der Waals surface area contributed by atoms with Crippen LogP contribution in [0.1, 0.15) is 27.6 Å². The van der Waals surface area contributed by atoms with Gasteiger partial charge in [0.2, 0.25) is 5.90 Å². The van der Waals surface area contributed by atoms with E-state index in [-0.39, 0.29) is 11.8 Å². The molecular formula is C19H14BrN3OS. The lowest BCUT2D eigenvalue weighted by atomic mass is 9.83. The Labute approximate surface area is 157 Å². The summed E-state index contributed by atoms with van der Waals surface area (Å²) < 4.78 is 6.79. The molecule has 2 unspecified atom stereocenters. The van der Waals surface area contributed by atoms with Crippen molar-refractivity contribution in [2.45, 2.75) is 19.8 Å². The third-order valence-electron chi connectivity index (χ3n) is 4.45. The van der Waals surface area contributed by atoms with E-state index in [9.17, 15) is 5.26 Å². The summed E-state index contributed by atoms with van der Waals surface area (Å²) in [6.07, 6.45) is 0. The maximum absolute atomic E-state index is 9.66. The van der Waals surface area contributed by atoms with E-state index < -0.39 is 5.92 Å². The second kappa shape index (κ2) is 5.94. The molecule has 1 aliphatic heterocycles. The zero-order chi connectivity index (χ0) is 17.7. The fraction of sp³-hybridized carbons (Fsp3) is 0.211. The van der Waals surface area contributed by atoms with Gasteiger partial charge in [-0.3, -0.25) is 5.41 Å². The summed E-state index contributed by atoms with van der Waals surface area (Å²) in [5.41, 5.74) is 3.04. The molecule has 0 spiro atoms. The van der Waals surface area contributed by atoms with Crippen LogP contribution in [0.25, 0.3) is 10.2 Å². The summed E-state index contributed by atoms with van der Waals surface area (Å²) in [4.78, 5) is 6.51. The standard InChI is InChI=1S/C19H14BrN3OS/c1-9-7-10(2)23-19-14(9)16-17(25-19)15(13(8-21)18(22)24-16)11-3-5-12(20)6-4-11/h3-7,13,15,22H,1-2H3. The van der Waals surface area contributed by atoms with Crippen LogP contribution >= 0.6 is 27.3 Å². The van der Waals surface area contributed by atoms with Crippen LogP contribution in [-0.2, 0) is 0 Å². The van der Waals surface area contributed by atoms with Crippen LogP contribution in [-0.4, -0.2) is 10.9 Å².